The zero-order valence-corrected chi connectivity index (χ0v) is 46.8. The molecule has 0 radical (unpaired) electrons. The molecule has 0 aliphatic heterocycles. The minimum absolute atomic E-state index is 0.0889. The highest BCUT2D eigenvalue weighted by Crippen LogP contribution is 2.30. The number of ether oxygens (including phenoxy) is 2. The van der Waals surface area contributed by atoms with Crippen molar-refractivity contribution < 1.29 is 57.7 Å². The minimum Gasteiger partial charge on any atom is -0.445 e. The van der Waals surface area contributed by atoms with Crippen molar-refractivity contribution in [3.05, 3.63) is 77.5 Å². The van der Waals surface area contributed by atoms with Gasteiger partial charge in [-0.15, -0.1) is 5.10 Å². The number of nitrogens with zero attached hydrogens (tertiary/aromatic N) is 6. The van der Waals surface area contributed by atoms with E-state index in [4.69, 9.17) is 25.2 Å². The smallest absolute Gasteiger partial charge is 0.407 e. The lowest BCUT2D eigenvalue weighted by molar-refractivity contribution is -0.132. The lowest BCUT2D eigenvalue weighted by Gasteiger charge is -2.25. The Morgan fingerprint density at radius 2 is 1.56 bits per heavy atom. The molecule has 3 aromatic heterocycles. The van der Waals surface area contributed by atoms with E-state index in [2.05, 4.69) is 47.5 Å². The summed E-state index contributed by atoms with van der Waals surface area (Å²) >= 11 is 0. The Balaban J connectivity index is 1.10. The Morgan fingerprint density at radius 1 is 0.827 bits per heavy atom. The van der Waals surface area contributed by atoms with Crippen LogP contribution in [0.2, 0.25) is 0 Å². The number of primary amides is 1. The number of benzene rings is 2. The van der Waals surface area contributed by atoms with Crippen molar-refractivity contribution in [2.75, 3.05) is 31.6 Å². The molecule has 26 heteroatoms. The van der Waals surface area contributed by atoms with E-state index in [1.54, 1.807) is 52.0 Å². The molecule has 26 nitrogen and oxygen atoms in total. The van der Waals surface area contributed by atoms with Crippen LogP contribution >= 0.6 is 0 Å². The number of aldehydes is 1. The van der Waals surface area contributed by atoms with Crippen molar-refractivity contribution in [3.63, 3.8) is 0 Å². The average Bonchev–Trinajstić information content (AvgIpc) is 4.26. The van der Waals surface area contributed by atoms with Crippen molar-refractivity contribution in [3.8, 4) is 0 Å². The number of amides is 8. The first-order valence-corrected chi connectivity index (χ1v) is 27.0. The van der Waals surface area contributed by atoms with Gasteiger partial charge >= 0.3 is 12.1 Å². The number of alkyl carbamates (subject to hydrolysis) is 1. The second-order valence-electron chi connectivity index (χ2n) is 20.4. The van der Waals surface area contributed by atoms with Gasteiger partial charge in [0.05, 0.1) is 47.0 Å². The molecule has 5 rings (SSSR count). The normalized spacial score (nSPS) is 12.5. The number of hydrogen-bond acceptors (Lipinski definition) is 16. The molecule has 5 aromatic rings. The number of carbonyl (C=O) groups is 9. The number of aryl methyl sites for hydroxylation is 1. The first-order chi connectivity index (χ1) is 38.6. The van der Waals surface area contributed by atoms with Crippen molar-refractivity contribution in [1.82, 2.24) is 61.4 Å². The third-order valence-corrected chi connectivity index (χ3v) is 12.6. The van der Waals surface area contributed by atoms with Gasteiger partial charge in [-0.2, -0.15) is 0 Å². The summed E-state index contributed by atoms with van der Waals surface area (Å²) in [6.07, 6.45) is 3.54. The van der Waals surface area contributed by atoms with E-state index in [0.29, 0.717) is 71.7 Å². The van der Waals surface area contributed by atoms with Gasteiger partial charge in [0.15, 0.2) is 5.78 Å². The van der Waals surface area contributed by atoms with E-state index in [9.17, 15) is 48.3 Å². The predicted molar refractivity (Wildman–Crippen MR) is 298 cm³/mol. The second-order valence-corrected chi connectivity index (χ2v) is 20.4. The fourth-order valence-corrected chi connectivity index (χ4v) is 8.63. The Hall–Kier alpha value is -8.39. The van der Waals surface area contributed by atoms with Gasteiger partial charge in [0.2, 0.25) is 29.5 Å². The van der Waals surface area contributed by atoms with E-state index >= 15 is 0 Å². The van der Waals surface area contributed by atoms with Gasteiger partial charge in [-0.3, -0.25) is 28.8 Å². The summed E-state index contributed by atoms with van der Waals surface area (Å²) < 4.78 is 14.3. The molecule has 3 heterocycles. The van der Waals surface area contributed by atoms with E-state index < -0.39 is 59.5 Å². The predicted octanol–water partition coefficient (Wildman–Crippen LogP) is 2.55. The number of aliphatic hydroxyl groups is 1. The molecule has 0 aliphatic carbocycles. The zero-order chi connectivity index (χ0) is 59.1. The van der Waals surface area contributed by atoms with Gasteiger partial charge in [0.1, 0.15) is 49.5 Å². The summed E-state index contributed by atoms with van der Waals surface area (Å²) in [5, 5.41) is 38.4. The first-order valence-electron chi connectivity index (χ1n) is 27.0. The minimum atomic E-state index is -1.11. The van der Waals surface area contributed by atoms with Crippen LogP contribution in [0.1, 0.15) is 109 Å². The summed E-state index contributed by atoms with van der Waals surface area (Å²) in [6.45, 7) is 11.1. The summed E-state index contributed by atoms with van der Waals surface area (Å²) in [7, 11) is 0. The van der Waals surface area contributed by atoms with Crippen LogP contribution < -0.4 is 43.0 Å². The summed E-state index contributed by atoms with van der Waals surface area (Å²) in [6, 6.07) is 10.2. The number of para-hydroxylation sites is 1. The molecule has 438 valence electrons. The average molecular weight is 1130 g/mol. The number of imidazole rings is 1. The molecule has 0 fully saturated rings. The highest BCUT2D eigenvalue weighted by atomic mass is 16.5. The number of nitrogens with two attached hydrogens (primary N) is 1. The highest BCUT2D eigenvalue weighted by Gasteiger charge is 2.30. The van der Waals surface area contributed by atoms with Gasteiger partial charge in [-0.05, 0) is 82.6 Å². The Morgan fingerprint density at radius 3 is 2.25 bits per heavy atom. The maximum Gasteiger partial charge on any atom is 0.407 e. The van der Waals surface area contributed by atoms with Gasteiger partial charge in [-0.1, -0.05) is 49.4 Å². The number of aromatic nitrogens is 6. The molecular weight excluding hydrogens is 1050 g/mol. The summed E-state index contributed by atoms with van der Waals surface area (Å²) in [5.74, 6) is -2.50. The number of ketones is 1. The maximum atomic E-state index is 14.0. The Kier molecular flexibility index (Phi) is 24.6. The number of unbranched alkanes of at least 4 members (excludes halogenated alkanes) is 1. The summed E-state index contributed by atoms with van der Waals surface area (Å²) in [5.41, 5.74) is 7.86. The molecule has 0 saturated carbocycles. The number of urea groups is 1. The van der Waals surface area contributed by atoms with Gasteiger partial charge in [0.25, 0.3) is 0 Å². The number of hydrogen-bond donors (Lipinski definition) is 9. The molecule has 81 heavy (non-hydrogen) atoms. The standard InChI is InChI=1S/C55H76N14O12/c1-7-80-32-45-64-49-43(62-40-15-9-8-14-39(40)50(49)69(45)33-55(5,6)79)28-44(72)41(60-35(4)71)16-10-11-24-59-54(78)81-31-36-18-20-37(21-19-36)61-51(75)42(17-12-25-58-53(56)77)63-52(76)48(34(2)3)65-47(74)30-68-29-38(66-67-68)22-23-46(73)57-26-13-27-70/h8-9,14-15,18-21,27,29,34,41-42,48,79H,7,10-13,16-17,22-26,28,30-33H2,1-6H3,(H,57,73)(H,59,78)(H,60,71)(H,61,75)(H,63,76)(H,65,74)(H3,56,58,77)/t41-,42-,48-/m0/s1. The Labute approximate surface area is 469 Å². The van der Waals surface area contributed by atoms with E-state index in [1.807, 2.05) is 35.8 Å². The zero-order valence-electron chi connectivity index (χ0n) is 46.8. The van der Waals surface area contributed by atoms with Crippen LogP contribution in [0.3, 0.4) is 0 Å². The number of rotatable bonds is 34. The van der Waals surface area contributed by atoms with Crippen LogP contribution in [0.4, 0.5) is 15.3 Å². The lowest BCUT2D eigenvalue weighted by atomic mass is 10.00. The third-order valence-electron chi connectivity index (χ3n) is 12.6. The Bertz CT molecular complexity index is 2970. The van der Waals surface area contributed by atoms with Crippen LogP contribution in [-0.2, 0) is 82.2 Å². The first kappa shape index (κ1) is 63.4. The van der Waals surface area contributed by atoms with Gasteiger partial charge in [-0.25, -0.2) is 24.2 Å². The number of pyridine rings is 1. The molecule has 2 aromatic carbocycles. The number of fused-ring (bicyclic) bond motifs is 3. The molecule has 3 atom stereocenters. The fourth-order valence-electron chi connectivity index (χ4n) is 8.63. The third kappa shape index (κ3) is 21.0. The molecule has 0 bridgehead atoms. The van der Waals surface area contributed by atoms with Crippen molar-refractivity contribution in [2.24, 2.45) is 11.7 Å². The molecule has 0 aliphatic rings. The highest BCUT2D eigenvalue weighted by molar-refractivity contribution is 6.05. The second kappa shape index (κ2) is 31.4. The van der Waals surface area contributed by atoms with Crippen molar-refractivity contribution >= 4 is 81.4 Å². The molecule has 10 N–H and O–H groups in total. The van der Waals surface area contributed by atoms with E-state index in [0.717, 1.165) is 10.9 Å². The number of anilines is 1. The molecule has 0 spiro atoms. The fraction of sp³-hybridized carbons (Fsp3) is 0.509. The van der Waals surface area contributed by atoms with Gasteiger partial charge in [0, 0.05) is 69.7 Å². The van der Waals surface area contributed by atoms with E-state index in [-0.39, 0.29) is 102 Å². The molecule has 0 unspecified atom stereocenters. The van der Waals surface area contributed by atoms with Crippen LogP contribution in [0.25, 0.3) is 21.9 Å². The SMILES string of the molecule is CCOCc1nc2c(CC(=O)[C@H](CCCCNC(=O)OCc3ccc(NC(=O)[C@H](CCCNC(N)=O)NC(=O)[C@@H](NC(=O)Cn4cc(CCC(=O)NCCC=O)nn4)C(C)C)cc3)NC(C)=O)nc3ccccc3c2n1CC(C)(C)O. The largest absolute Gasteiger partial charge is 0.445 e. The van der Waals surface area contributed by atoms with Crippen LogP contribution in [0.5, 0.6) is 0 Å². The molecular formula is C55H76N14O12. The monoisotopic (exact) mass is 1120 g/mol. The van der Waals surface area contributed by atoms with E-state index in [1.165, 1.54) is 17.8 Å². The van der Waals surface area contributed by atoms with Crippen molar-refractivity contribution in [1.29, 1.82) is 0 Å². The molecule has 8 amide bonds. The van der Waals surface area contributed by atoms with Crippen LogP contribution in [0, 0.1) is 5.92 Å². The van der Waals surface area contributed by atoms with Crippen LogP contribution in [0.15, 0.2) is 54.7 Å². The number of nitrogens with one attached hydrogen (secondary N) is 7. The van der Waals surface area contributed by atoms with Crippen LogP contribution in [-0.4, -0.2) is 138 Å². The maximum absolute atomic E-state index is 14.0. The quantitative estimate of drug-likeness (QED) is 0.0211. The van der Waals surface area contributed by atoms with Gasteiger partial charge < -0.3 is 66.9 Å². The van der Waals surface area contributed by atoms with Crippen molar-refractivity contribution in [2.45, 2.75) is 149 Å². The summed E-state index contributed by atoms with van der Waals surface area (Å²) in [4.78, 5) is 123. The molecule has 0 saturated heterocycles. The number of carbonyl (C=O) groups excluding carboxylic acids is 9. The number of Topliss-reactive ketones (excluding diaryl/α,β-unsaturated/α-hetero) is 1. The topological polar surface area (TPSA) is 364 Å². The lowest BCUT2D eigenvalue weighted by Crippen LogP contribution is -2.55.